The van der Waals surface area contributed by atoms with Crippen molar-refractivity contribution < 1.29 is 14.3 Å². The summed E-state index contributed by atoms with van der Waals surface area (Å²) in [5.41, 5.74) is 1.82. The highest BCUT2D eigenvalue weighted by molar-refractivity contribution is 6.31. The van der Waals surface area contributed by atoms with Gasteiger partial charge in [0.1, 0.15) is 5.76 Å². The predicted molar refractivity (Wildman–Crippen MR) is 90.4 cm³/mol. The minimum Gasteiger partial charge on any atom is -0.469 e. The summed E-state index contributed by atoms with van der Waals surface area (Å²) in [6.45, 7) is 2.82. The molecule has 124 valence electrons. The maximum absolute atomic E-state index is 12.5. The molecule has 0 bridgehead atoms. The van der Waals surface area contributed by atoms with E-state index in [0.29, 0.717) is 24.5 Å². The van der Waals surface area contributed by atoms with Crippen molar-refractivity contribution in [1.82, 2.24) is 0 Å². The van der Waals surface area contributed by atoms with Crippen molar-refractivity contribution in [1.29, 1.82) is 0 Å². The van der Waals surface area contributed by atoms with Gasteiger partial charge in [-0.3, -0.25) is 4.79 Å². The lowest BCUT2D eigenvalue weighted by molar-refractivity contribution is -0.139. The summed E-state index contributed by atoms with van der Waals surface area (Å²) in [5.74, 6) is 0.994. The molecule has 0 spiro atoms. The van der Waals surface area contributed by atoms with E-state index in [9.17, 15) is 4.79 Å². The van der Waals surface area contributed by atoms with Crippen LogP contribution in [-0.2, 0) is 14.3 Å². The number of carbonyl (C=O) groups is 1. The minimum atomic E-state index is -0.285. The van der Waals surface area contributed by atoms with Crippen molar-refractivity contribution in [2.24, 2.45) is 0 Å². The lowest BCUT2D eigenvalue weighted by Crippen LogP contribution is -2.32. The number of unbranched alkanes of at least 4 members (excludes halogenated alkanes) is 1. The Labute approximate surface area is 142 Å². The van der Waals surface area contributed by atoms with Crippen molar-refractivity contribution >= 4 is 17.4 Å². The van der Waals surface area contributed by atoms with E-state index in [0.717, 1.165) is 42.6 Å². The maximum Gasteiger partial charge on any atom is 0.200 e. The number of ketones is 1. The van der Waals surface area contributed by atoms with Gasteiger partial charge in [0.25, 0.3) is 0 Å². The first-order valence-electron chi connectivity index (χ1n) is 8.49. The summed E-state index contributed by atoms with van der Waals surface area (Å²) in [7, 11) is 0. The molecule has 0 saturated heterocycles. The van der Waals surface area contributed by atoms with Gasteiger partial charge in [0.2, 0.25) is 0 Å². The first kappa shape index (κ1) is 16.5. The van der Waals surface area contributed by atoms with Crippen LogP contribution in [0.2, 0.25) is 5.02 Å². The van der Waals surface area contributed by atoms with Gasteiger partial charge in [0.05, 0.1) is 6.61 Å². The highest BCUT2D eigenvalue weighted by Gasteiger charge is 2.37. The predicted octanol–water partition coefficient (Wildman–Crippen LogP) is 4.99. The van der Waals surface area contributed by atoms with E-state index in [1.165, 1.54) is 0 Å². The number of rotatable bonds is 5. The van der Waals surface area contributed by atoms with Crippen LogP contribution in [0.1, 0.15) is 56.9 Å². The maximum atomic E-state index is 12.5. The molecule has 1 aromatic rings. The van der Waals surface area contributed by atoms with Crippen LogP contribution in [0.4, 0.5) is 0 Å². The average Bonchev–Trinajstić information content (AvgIpc) is 2.55. The smallest absolute Gasteiger partial charge is 0.200 e. The Morgan fingerprint density at radius 1 is 1.30 bits per heavy atom. The molecule has 0 saturated carbocycles. The summed E-state index contributed by atoms with van der Waals surface area (Å²) < 4.78 is 11.9. The number of benzene rings is 1. The summed E-state index contributed by atoms with van der Waals surface area (Å²) >= 11 is 6.40. The van der Waals surface area contributed by atoms with Gasteiger partial charge in [-0.15, -0.1) is 0 Å². The number of ether oxygens (including phenoxy) is 2. The van der Waals surface area contributed by atoms with E-state index >= 15 is 0 Å². The van der Waals surface area contributed by atoms with Crippen LogP contribution in [0.3, 0.4) is 0 Å². The zero-order valence-corrected chi connectivity index (χ0v) is 14.3. The molecule has 1 heterocycles. The normalized spacial score (nSPS) is 24.3. The Hall–Kier alpha value is -1.32. The fourth-order valence-electron chi connectivity index (χ4n) is 3.36. The molecular weight excluding hydrogens is 312 g/mol. The molecule has 0 N–H and O–H groups in total. The molecule has 0 fully saturated rings. The molecule has 2 unspecified atom stereocenters. The van der Waals surface area contributed by atoms with Gasteiger partial charge in [-0.2, -0.15) is 0 Å². The number of halogens is 1. The third kappa shape index (κ3) is 3.61. The first-order valence-corrected chi connectivity index (χ1v) is 8.87. The van der Waals surface area contributed by atoms with E-state index in [1.807, 2.05) is 24.3 Å². The van der Waals surface area contributed by atoms with Gasteiger partial charge in [0, 0.05) is 35.8 Å². The van der Waals surface area contributed by atoms with Crippen LogP contribution in [0, 0.1) is 0 Å². The van der Waals surface area contributed by atoms with E-state index in [4.69, 9.17) is 21.1 Å². The second-order valence-electron chi connectivity index (χ2n) is 6.20. The Bertz CT molecular complexity index is 608. The fourth-order valence-corrected chi connectivity index (χ4v) is 3.63. The molecule has 0 aromatic heterocycles. The molecular formula is C19H23ClO3. The zero-order chi connectivity index (χ0) is 16.2. The van der Waals surface area contributed by atoms with Gasteiger partial charge in [0.15, 0.2) is 12.1 Å². The summed E-state index contributed by atoms with van der Waals surface area (Å²) in [5, 5.41) is 0.705. The van der Waals surface area contributed by atoms with Gasteiger partial charge in [-0.05, 0) is 24.5 Å². The molecule has 0 amide bonds. The van der Waals surface area contributed by atoms with E-state index in [-0.39, 0.29) is 18.0 Å². The summed E-state index contributed by atoms with van der Waals surface area (Å²) in [6, 6.07) is 7.77. The second kappa shape index (κ2) is 7.50. The molecule has 1 aliphatic carbocycles. The minimum absolute atomic E-state index is 0.0214. The second-order valence-corrected chi connectivity index (χ2v) is 6.60. The Morgan fingerprint density at radius 3 is 2.91 bits per heavy atom. The van der Waals surface area contributed by atoms with Crippen LogP contribution >= 0.6 is 11.6 Å². The molecule has 2 aliphatic rings. The fraction of sp³-hybridized carbons (Fsp3) is 0.526. The average molecular weight is 335 g/mol. The Balaban J connectivity index is 1.90. The molecule has 4 heteroatoms. The summed E-state index contributed by atoms with van der Waals surface area (Å²) in [6.07, 6.45) is 4.74. The number of Topliss-reactive ketones (excluding diaryl/α,β-unsaturated/α-hetero) is 1. The van der Waals surface area contributed by atoms with E-state index in [2.05, 4.69) is 6.92 Å². The first-order chi connectivity index (χ1) is 11.2. The number of hydrogen-bond donors (Lipinski definition) is 0. The highest BCUT2D eigenvalue weighted by Crippen LogP contribution is 2.44. The van der Waals surface area contributed by atoms with Gasteiger partial charge in [-0.1, -0.05) is 43.1 Å². The zero-order valence-electron chi connectivity index (χ0n) is 13.5. The SMILES string of the molecule is CCCCOC1CC(c2ccccc2Cl)C2=C(CCCC2=O)O1. The highest BCUT2D eigenvalue weighted by atomic mass is 35.5. The Kier molecular flexibility index (Phi) is 5.39. The van der Waals surface area contributed by atoms with Crippen molar-refractivity contribution in [2.45, 2.75) is 57.7 Å². The number of hydrogen-bond acceptors (Lipinski definition) is 3. The third-order valence-corrected chi connectivity index (χ3v) is 4.89. The van der Waals surface area contributed by atoms with Gasteiger partial charge >= 0.3 is 0 Å². The number of carbonyl (C=O) groups excluding carboxylic acids is 1. The van der Waals surface area contributed by atoms with Gasteiger partial charge in [-0.25, -0.2) is 0 Å². The summed E-state index contributed by atoms with van der Waals surface area (Å²) in [4.78, 5) is 12.5. The third-order valence-electron chi connectivity index (χ3n) is 4.54. The van der Waals surface area contributed by atoms with Crippen LogP contribution in [0.15, 0.2) is 35.6 Å². The molecule has 3 nitrogen and oxygen atoms in total. The van der Waals surface area contributed by atoms with Crippen LogP contribution in [0.5, 0.6) is 0 Å². The number of allylic oxidation sites excluding steroid dienone is 2. The van der Waals surface area contributed by atoms with Crippen molar-refractivity contribution in [3.8, 4) is 0 Å². The molecule has 23 heavy (non-hydrogen) atoms. The van der Waals surface area contributed by atoms with Crippen molar-refractivity contribution in [3.63, 3.8) is 0 Å². The quantitative estimate of drug-likeness (QED) is 0.711. The molecule has 3 rings (SSSR count). The topological polar surface area (TPSA) is 35.5 Å². The molecule has 2 atom stereocenters. The monoisotopic (exact) mass is 334 g/mol. The van der Waals surface area contributed by atoms with E-state index < -0.39 is 0 Å². The largest absolute Gasteiger partial charge is 0.469 e. The molecule has 1 aliphatic heterocycles. The van der Waals surface area contributed by atoms with Crippen molar-refractivity contribution in [2.75, 3.05) is 6.61 Å². The Morgan fingerprint density at radius 2 is 2.13 bits per heavy atom. The van der Waals surface area contributed by atoms with Gasteiger partial charge < -0.3 is 9.47 Å². The van der Waals surface area contributed by atoms with E-state index in [1.54, 1.807) is 0 Å². The van der Waals surface area contributed by atoms with Crippen molar-refractivity contribution in [3.05, 3.63) is 46.2 Å². The lowest BCUT2D eigenvalue weighted by atomic mass is 9.79. The standard InChI is InChI=1S/C19H23ClO3/c1-2-3-11-22-18-12-14(13-7-4-5-8-15(13)20)19-16(21)9-6-10-17(19)23-18/h4-5,7-8,14,18H,2-3,6,9-12H2,1H3. The lowest BCUT2D eigenvalue weighted by Gasteiger charge is -2.36. The van der Waals surface area contributed by atoms with Crippen LogP contribution in [-0.4, -0.2) is 18.7 Å². The molecule has 0 radical (unpaired) electrons. The van der Waals surface area contributed by atoms with Crippen LogP contribution < -0.4 is 0 Å². The molecule has 1 aromatic carbocycles. The van der Waals surface area contributed by atoms with Crippen LogP contribution in [0.25, 0.3) is 0 Å².